The molecule has 0 heterocycles. The number of halogens is 2. The van der Waals surface area contributed by atoms with Gasteiger partial charge in [-0.3, -0.25) is 4.72 Å². The lowest BCUT2D eigenvalue weighted by Crippen LogP contribution is -2.34. The summed E-state index contributed by atoms with van der Waals surface area (Å²) in [5.74, 6) is -0.589. The molecule has 0 spiro atoms. The number of rotatable bonds is 8. The van der Waals surface area contributed by atoms with Crippen LogP contribution < -0.4 is 10.0 Å². The molecule has 0 amide bonds. The molecule has 0 atom stereocenters. The van der Waals surface area contributed by atoms with E-state index in [1.807, 2.05) is 6.92 Å². The fraction of sp³-hybridized carbons (Fsp3) is 0.500. The van der Waals surface area contributed by atoms with E-state index in [9.17, 15) is 12.8 Å². The summed E-state index contributed by atoms with van der Waals surface area (Å²) in [7, 11) is -2.17. The summed E-state index contributed by atoms with van der Waals surface area (Å²) in [5, 5.41) is 2.99. The van der Waals surface area contributed by atoms with Crippen molar-refractivity contribution < 1.29 is 12.8 Å². The van der Waals surface area contributed by atoms with Gasteiger partial charge in [0, 0.05) is 13.6 Å². The molecule has 1 rings (SSSR count). The van der Waals surface area contributed by atoms with E-state index in [0.717, 1.165) is 19.2 Å². The molecule has 20 heavy (non-hydrogen) atoms. The molecule has 0 saturated heterocycles. The molecule has 1 aromatic rings. The second kappa shape index (κ2) is 7.78. The van der Waals surface area contributed by atoms with Crippen LogP contribution in [0.15, 0.2) is 18.2 Å². The van der Waals surface area contributed by atoms with Gasteiger partial charge in [0.15, 0.2) is 0 Å². The normalized spacial score (nSPS) is 11.8. The van der Waals surface area contributed by atoms with E-state index in [1.165, 1.54) is 23.5 Å². The van der Waals surface area contributed by atoms with Crippen LogP contribution in [0.25, 0.3) is 0 Å². The van der Waals surface area contributed by atoms with Gasteiger partial charge in [-0.05, 0) is 37.7 Å². The molecule has 8 heteroatoms. The number of hydrogen-bond acceptors (Lipinski definition) is 3. The third-order valence-corrected chi connectivity index (χ3v) is 4.44. The van der Waals surface area contributed by atoms with Gasteiger partial charge in [0.2, 0.25) is 0 Å². The second-order valence-electron chi connectivity index (χ2n) is 4.26. The van der Waals surface area contributed by atoms with E-state index in [4.69, 9.17) is 11.6 Å². The largest absolute Gasteiger partial charge is 0.317 e. The van der Waals surface area contributed by atoms with Gasteiger partial charge in [0.1, 0.15) is 5.82 Å². The highest BCUT2D eigenvalue weighted by molar-refractivity contribution is 7.90. The average Bonchev–Trinajstić information content (AvgIpc) is 2.38. The van der Waals surface area contributed by atoms with Crippen LogP contribution in [0.2, 0.25) is 5.02 Å². The van der Waals surface area contributed by atoms with Crippen LogP contribution in [0, 0.1) is 5.82 Å². The lowest BCUT2D eigenvalue weighted by molar-refractivity contribution is 0.459. The maximum atomic E-state index is 13.0. The second-order valence-corrected chi connectivity index (χ2v) is 6.45. The fourth-order valence-corrected chi connectivity index (χ4v) is 2.64. The number of anilines is 1. The van der Waals surface area contributed by atoms with E-state index in [1.54, 1.807) is 0 Å². The molecule has 1 aromatic carbocycles. The molecule has 5 nitrogen and oxygen atoms in total. The Bertz CT molecular complexity index is 540. The van der Waals surface area contributed by atoms with Gasteiger partial charge in [0.05, 0.1) is 10.7 Å². The fourth-order valence-electron chi connectivity index (χ4n) is 1.51. The SMILES string of the molecule is CCNCCCN(C)S(=O)(=O)Nc1ccc(F)c(Cl)c1. The number of benzene rings is 1. The molecule has 0 aliphatic rings. The quantitative estimate of drug-likeness (QED) is 0.720. The summed E-state index contributed by atoms with van der Waals surface area (Å²) < 4.78 is 40.6. The minimum Gasteiger partial charge on any atom is -0.317 e. The zero-order valence-electron chi connectivity index (χ0n) is 11.5. The zero-order chi connectivity index (χ0) is 15.2. The molecule has 0 radical (unpaired) electrons. The third kappa shape index (κ3) is 5.24. The Labute approximate surface area is 124 Å². The molecule has 114 valence electrons. The van der Waals surface area contributed by atoms with E-state index in [0.29, 0.717) is 13.0 Å². The van der Waals surface area contributed by atoms with E-state index < -0.39 is 16.0 Å². The van der Waals surface area contributed by atoms with Crippen LogP contribution in [0.4, 0.5) is 10.1 Å². The van der Waals surface area contributed by atoms with Crippen LogP contribution >= 0.6 is 11.6 Å². The van der Waals surface area contributed by atoms with Gasteiger partial charge in [-0.15, -0.1) is 0 Å². The Morgan fingerprint density at radius 1 is 1.40 bits per heavy atom. The van der Waals surface area contributed by atoms with Gasteiger partial charge in [-0.1, -0.05) is 18.5 Å². The zero-order valence-corrected chi connectivity index (χ0v) is 13.1. The highest BCUT2D eigenvalue weighted by atomic mass is 35.5. The summed E-state index contributed by atoms with van der Waals surface area (Å²) in [4.78, 5) is 0. The predicted octanol–water partition coefficient (Wildman–Crippen LogP) is 2.07. The van der Waals surface area contributed by atoms with Crippen LogP contribution in [-0.4, -0.2) is 39.4 Å². The minimum absolute atomic E-state index is 0.125. The van der Waals surface area contributed by atoms with Crippen LogP contribution in [-0.2, 0) is 10.2 Å². The van der Waals surface area contributed by atoms with Gasteiger partial charge in [0.25, 0.3) is 0 Å². The first-order valence-corrected chi connectivity index (χ1v) is 8.08. The third-order valence-electron chi connectivity index (χ3n) is 2.65. The molecule has 0 aliphatic carbocycles. The molecular weight excluding hydrogens is 305 g/mol. The molecular formula is C12H19ClFN3O2S. The molecule has 0 aliphatic heterocycles. The van der Waals surface area contributed by atoms with Gasteiger partial charge < -0.3 is 5.32 Å². The number of hydrogen-bond donors (Lipinski definition) is 2. The monoisotopic (exact) mass is 323 g/mol. The molecule has 2 N–H and O–H groups in total. The Kier molecular flexibility index (Phi) is 6.67. The van der Waals surface area contributed by atoms with Crippen molar-refractivity contribution in [1.29, 1.82) is 0 Å². The first kappa shape index (κ1) is 17.2. The Balaban J connectivity index is 2.61. The van der Waals surface area contributed by atoms with Crippen molar-refractivity contribution in [3.63, 3.8) is 0 Å². The Morgan fingerprint density at radius 3 is 2.70 bits per heavy atom. The summed E-state index contributed by atoms with van der Waals surface area (Å²) in [6.45, 7) is 3.97. The van der Waals surface area contributed by atoms with Gasteiger partial charge in [-0.25, -0.2) is 4.39 Å². The number of nitrogens with zero attached hydrogens (tertiary/aromatic N) is 1. The van der Waals surface area contributed by atoms with Crippen molar-refractivity contribution in [3.8, 4) is 0 Å². The highest BCUT2D eigenvalue weighted by Crippen LogP contribution is 2.20. The topological polar surface area (TPSA) is 61.4 Å². The minimum atomic E-state index is -3.66. The van der Waals surface area contributed by atoms with Crippen molar-refractivity contribution in [2.24, 2.45) is 0 Å². The standard InChI is InChI=1S/C12H19ClFN3O2S/c1-3-15-7-4-8-17(2)20(18,19)16-10-5-6-12(14)11(13)9-10/h5-6,9,15-16H,3-4,7-8H2,1-2H3. The predicted molar refractivity (Wildman–Crippen MR) is 79.7 cm³/mol. The lowest BCUT2D eigenvalue weighted by atomic mass is 10.3. The van der Waals surface area contributed by atoms with Crippen molar-refractivity contribution in [2.45, 2.75) is 13.3 Å². The molecule has 0 fully saturated rings. The van der Waals surface area contributed by atoms with Crippen molar-refractivity contribution >= 4 is 27.5 Å². The summed E-state index contributed by atoms with van der Waals surface area (Å²) in [5.41, 5.74) is 0.231. The molecule has 0 unspecified atom stereocenters. The first-order chi connectivity index (χ1) is 9.36. The molecule has 0 aromatic heterocycles. The van der Waals surface area contributed by atoms with Gasteiger partial charge >= 0.3 is 10.2 Å². The average molecular weight is 324 g/mol. The Morgan fingerprint density at radius 2 is 2.10 bits per heavy atom. The lowest BCUT2D eigenvalue weighted by Gasteiger charge is -2.18. The molecule has 0 bridgehead atoms. The first-order valence-electron chi connectivity index (χ1n) is 6.26. The van der Waals surface area contributed by atoms with Crippen molar-refractivity contribution in [2.75, 3.05) is 31.4 Å². The van der Waals surface area contributed by atoms with Gasteiger partial charge in [-0.2, -0.15) is 12.7 Å². The highest BCUT2D eigenvalue weighted by Gasteiger charge is 2.17. The van der Waals surface area contributed by atoms with Crippen LogP contribution in [0.5, 0.6) is 0 Å². The van der Waals surface area contributed by atoms with Crippen molar-refractivity contribution in [1.82, 2.24) is 9.62 Å². The summed E-state index contributed by atoms with van der Waals surface area (Å²) >= 11 is 5.61. The van der Waals surface area contributed by atoms with E-state index in [-0.39, 0.29) is 10.7 Å². The maximum absolute atomic E-state index is 13.0. The van der Waals surface area contributed by atoms with E-state index >= 15 is 0 Å². The smallest absolute Gasteiger partial charge is 0.301 e. The summed E-state index contributed by atoms with van der Waals surface area (Å²) in [6, 6.07) is 3.68. The van der Waals surface area contributed by atoms with Crippen LogP contribution in [0.1, 0.15) is 13.3 Å². The van der Waals surface area contributed by atoms with Crippen LogP contribution in [0.3, 0.4) is 0 Å². The van der Waals surface area contributed by atoms with Crippen molar-refractivity contribution in [3.05, 3.63) is 29.0 Å². The maximum Gasteiger partial charge on any atom is 0.301 e. The Hall–Kier alpha value is -0.890. The summed E-state index contributed by atoms with van der Waals surface area (Å²) in [6.07, 6.45) is 0.704. The number of nitrogens with one attached hydrogen (secondary N) is 2. The van der Waals surface area contributed by atoms with E-state index in [2.05, 4.69) is 10.0 Å². The molecule has 0 saturated carbocycles.